The molecule has 5 aromatic rings. The number of hydrogen-bond donors (Lipinski definition) is 2. The van der Waals surface area contributed by atoms with Gasteiger partial charge in [0, 0.05) is 6.20 Å². The molecule has 0 saturated carbocycles. The van der Waals surface area contributed by atoms with E-state index in [1.165, 1.54) is 13.2 Å². The number of carboxylic acids is 1. The number of benzene rings is 3. The number of aromatic nitrogens is 3. The van der Waals surface area contributed by atoms with Gasteiger partial charge in [0.05, 0.1) is 34.5 Å². The Bertz CT molecular complexity index is 1750. The standard InChI is InChI=1S/C28H24N4O5S/c1-18-25-26(23(28(33)34)17-29-27(25)32(30-18)21-11-7-4-8-12-21)31-38(35,36)24-14-13-22(37-2)16-20(24)15-19-9-5-3-6-10-19/h3-14,16-17H,15H2,1-2H3,(H,29,31)(H,33,34). The number of nitrogens with zero attached hydrogens (tertiary/aromatic N) is 3. The molecule has 0 radical (unpaired) electrons. The second-order valence-corrected chi connectivity index (χ2v) is 10.3. The molecule has 0 aliphatic carbocycles. The van der Waals surface area contributed by atoms with Crippen LogP contribution in [0.4, 0.5) is 5.69 Å². The first kappa shape index (κ1) is 25.0. The summed E-state index contributed by atoms with van der Waals surface area (Å²) in [6.07, 6.45) is 1.47. The maximum atomic E-state index is 13.8. The number of ether oxygens (including phenoxy) is 1. The molecule has 0 spiro atoms. The molecule has 5 rings (SSSR count). The Morgan fingerprint density at radius 1 is 1.03 bits per heavy atom. The zero-order chi connectivity index (χ0) is 26.9. The van der Waals surface area contributed by atoms with E-state index in [9.17, 15) is 18.3 Å². The lowest BCUT2D eigenvalue weighted by Crippen LogP contribution is -2.18. The van der Waals surface area contributed by atoms with Gasteiger partial charge in [-0.1, -0.05) is 48.5 Å². The second-order valence-electron chi connectivity index (χ2n) is 8.62. The van der Waals surface area contributed by atoms with E-state index >= 15 is 0 Å². The number of sulfonamides is 1. The number of carbonyl (C=O) groups is 1. The second kappa shape index (κ2) is 9.98. The van der Waals surface area contributed by atoms with Gasteiger partial charge in [-0.3, -0.25) is 4.72 Å². The van der Waals surface area contributed by atoms with Crippen molar-refractivity contribution in [2.75, 3.05) is 11.8 Å². The van der Waals surface area contributed by atoms with Crippen LogP contribution in [0.1, 0.15) is 27.2 Å². The lowest BCUT2D eigenvalue weighted by molar-refractivity contribution is 0.0697. The summed E-state index contributed by atoms with van der Waals surface area (Å²) >= 11 is 0. The molecule has 192 valence electrons. The van der Waals surface area contributed by atoms with E-state index in [1.54, 1.807) is 23.7 Å². The highest BCUT2D eigenvalue weighted by Crippen LogP contribution is 2.33. The number of rotatable bonds is 8. The van der Waals surface area contributed by atoms with Gasteiger partial charge >= 0.3 is 5.97 Å². The van der Waals surface area contributed by atoms with Crippen LogP contribution < -0.4 is 9.46 Å². The van der Waals surface area contributed by atoms with Crippen molar-refractivity contribution in [3.63, 3.8) is 0 Å². The average Bonchev–Trinajstić information content (AvgIpc) is 3.26. The third-order valence-electron chi connectivity index (χ3n) is 6.13. The molecule has 0 aliphatic rings. The lowest BCUT2D eigenvalue weighted by Gasteiger charge is -2.16. The van der Waals surface area contributed by atoms with Crippen LogP contribution in [0.15, 0.2) is 90.0 Å². The number of anilines is 1. The SMILES string of the molecule is COc1ccc(S(=O)(=O)Nc2c(C(=O)O)cnc3c2c(C)nn3-c2ccccc2)c(Cc2ccccc2)c1. The summed E-state index contributed by atoms with van der Waals surface area (Å²) in [5.74, 6) is -0.810. The molecular formula is C28H24N4O5S. The van der Waals surface area contributed by atoms with Crippen LogP contribution in [-0.2, 0) is 16.4 Å². The molecule has 2 aromatic heterocycles. The first-order valence-electron chi connectivity index (χ1n) is 11.7. The van der Waals surface area contributed by atoms with Crippen molar-refractivity contribution >= 4 is 32.7 Å². The topological polar surface area (TPSA) is 123 Å². The number of carboxylic acid groups (broad SMARTS) is 1. The van der Waals surface area contributed by atoms with E-state index in [0.29, 0.717) is 40.1 Å². The molecule has 0 unspecified atom stereocenters. The van der Waals surface area contributed by atoms with E-state index in [0.717, 1.165) is 11.8 Å². The molecule has 0 aliphatic heterocycles. The third kappa shape index (κ3) is 4.69. The first-order chi connectivity index (χ1) is 18.3. The minimum Gasteiger partial charge on any atom is -0.497 e. The highest BCUT2D eigenvalue weighted by atomic mass is 32.2. The largest absolute Gasteiger partial charge is 0.497 e. The van der Waals surface area contributed by atoms with Gasteiger partial charge in [0.25, 0.3) is 10.0 Å². The van der Waals surface area contributed by atoms with Crippen molar-refractivity contribution in [1.82, 2.24) is 14.8 Å². The van der Waals surface area contributed by atoms with Crippen molar-refractivity contribution < 1.29 is 23.1 Å². The summed E-state index contributed by atoms with van der Waals surface area (Å²) in [4.78, 5) is 16.5. The number of fused-ring (bicyclic) bond motifs is 1. The Balaban J connectivity index is 1.66. The Kier molecular flexibility index (Phi) is 6.56. The number of para-hydroxylation sites is 1. The summed E-state index contributed by atoms with van der Waals surface area (Å²) in [7, 11) is -2.73. The fraction of sp³-hybridized carbons (Fsp3) is 0.107. The molecule has 0 saturated heterocycles. The van der Waals surface area contributed by atoms with Crippen molar-refractivity contribution in [1.29, 1.82) is 0 Å². The van der Waals surface area contributed by atoms with Gasteiger partial charge in [0.1, 0.15) is 11.3 Å². The van der Waals surface area contributed by atoms with Crippen molar-refractivity contribution in [3.05, 3.63) is 107 Å². The molecule has 0 bridgehead atoms. The summed E-state index contributed by atoms with van der Waals surface area (Å²) < 4.78 is 37.1. The predicted molar refractivity (Wildman–Crippen MR) is 144 cm³/mol. The van der Waals surface area contributed by atoms with Crippen molar-refractivity contribution in [3.8, 4) is 11.4 Å². The highest BCUT2D eigenvalue weighted by Gasteiger charge is 2.27. The van der Waals surface area contributed by atoms with E-state index in [-0.39, 0.29) is 16.1 Å². The van der Waals surface area contributed by atoms with Gasteiger partial charge < -0.3 is 9.84 Å². The van der Waals surface area contributed by atoms with Gasteiger partial charge in [-0.2, -0.15) is 5.10 Å². The third-order valence-corrected chi connectivity index (χ3v) is 7.58. The fourth-order valence-corrected chi connectivity index (χ4v) is 5.67. The van der Waals surface area contributed by atoms with Gasteiger partial charge in [0.15, 0.2) is 5.65 Å². The van der Waals surface area contributed by atoms with Crippen LogP contribution in [0.3, 0.4) is 0 Å². The number of aryl methyl sites for hydroxylation is 1. The number of pyridine rings is 1. The molecule has 0 amide bonds. The van der Waals surface area contributed by atoms with Crippen molar-refractivity contribution in [2.45, 2.75) is 18.2 Å². The quantitative estimate of drug-likeness (QED) is 0.296. The van der Waals surface area contributed by atoms with Crippen LogP contribution in [0.5, 0.6) is 5.75 Å². The maximum absolute atomic E-state index is 13.8. The lowest BCUT2D eigenvalue weighted by atomic mass is 10.0. The average molecular weight is 529 g/mol. The molecule has 2 heterocycles. The van der Waals surface area contributed by atoms with Crippen LogP contribution >= 0.6 is 0 Å². The molecule has 0 fully saturated rings. The van der Waals surface area contributed by atoms with E-state index < -0.39 is 16.0 Å². The van der Waals surface area contributed by atoms with E-state index in [1.807, 2.05) is 60.7 Å². The van der Waals surface area contributed by atoms with E-state index in [2.05, 4.69) is 14.8 Å². The number of methoxy groups -OCH3 is 1. The minimum absolute atomic E-state index is 0.0107. The van der Waals surface area contributed by atoms with Crippen LogP contribution in [0, 0.1) is 6.92 Å². The molecule has 3 aromatic carbocycles. The Hall–Kier alpha value is -4.70. The van der Waals surface area contributed by atoms with Gasteiger partial charge in [-0.15, -0.1) is 0 Å². The molecule has 2 N–H and O–H groups in total. The molecular weight excluding hydrogens is 504 g/mol. The van der Waals surface area contributed by atoms with Crippen molar-refractivity contribution in [2.24, 2.45) is 0 Å². The number of hydrogen-bond acceptors (Lipinski definition) is 6. The zero-order valence-corrected chi connectivity index (χ0v) is 21.4. The summed E-state index contributed by atoms with van der Waals surface area (Å²) in [6, 6.07) is 23.3. The van der Waals surface area contributed by atoms with Crippen LogP contribution in [-0.4, -0.2) is 41.4 Å². The van der Waals surface area contributed by atoms with Gasteiger partial charge in [-0.25, -0.2) is 22.9 Å². The van der Waals surface area contributed by atoms with Crippen LogP contribution in [0.2, 0.25) is 0 Å². The maximum Gasteiger partial charge on any atom is 0.339 e. The van der Waals surface area contributed by atoms with Crippen LogP contribution in [0.25, 0.3) is 16.7 Å². The zero-order valence-electron chi connectivity index (χ0n) is 20.6. The predicted octanol–water partition coefficient (Wildman–Crippen LogP) is 4.83. The molecule has 9 nitrogen and oxygen atoms in total. The first-order valence-corrected chi connectivity index (χ1v) is 13.2. The fourth-order valence-electron chi connectivity index (χ4n) is 4.36. The van der Waals surface area contributed by atoms with Gasteiger partial charge in [0.2, 0.25) is 0 Å². The molecule has 10 heteroatoms. The van der Waals surface area contributed by atoms with E-state index in [4.69, 9.17) is 4.74 Å². The Labute approximate surface area is 219 Å². The monoisotopic (exact) mass is 528 g/mol. The summed E-state index contributed by atoms with van der Waals surface area (Å²) in [5.41, 5.74) is 2.50. The number of nitrogens with one attached hydrogen (secondary N) is 1. The normalized spacial score (nSPS) is 11.4. The minimum atomic E-state index is -4.24. The molecule has 0 atom stereocenters. The summed E-state index contributed by atoms with van der Waals surface area (Å²) in [6.45, 7) is 1.68. The summed E-state index contributed by atoms with van der Waals surface area (Å²) in [5, 5.41) is 14.7. The Morgan fingerprint density at radius 3 is 2.37 bits per heavy atom. The molecule has 38 heavy (non-hydrogen) atoms. The smallest absolute Gasteiger partial charge is 0.339 e. The Morgan fingerprint density at radius 2 is 1.71 bits per heavy atom. The number of aromatic carboxylic acids is 1. The van der Waals surface area contributed by atoms with Gasteiger partial charge in [-0.05, 0) is 54.8 Å². The highest BCUT2D eigenvalue weighted by molar-refractivity contribution is 7.92.